The zero-order valence-electron chi connectivity index (χ0n) is 22.8. The molecule has 0 aromatic heterocycles. The minimum Gasteiger partial charge on any atom is -0.504 e. The molecule has 3 atom stereocenters. The summed E-state index contributed by atoms with van der Waals surface area (Å²) in [6.45, 7) is 15.8. The van der Waals surface area contributed by atoms with E-state index in [-0.39, 0.29) is 34.6 Å². The van der Waals surface area contributed by atoms with E-state index in [1.165, 1.54) is 11.1 Å². The Labute approximate surface area is 210 Å². The molecule has 2 fully saturated rings. The van der Waals surface area contributed by atoms with E-state index in [9.17, 15) is 19.5 Å². The Morgan fingerprint density at radius 1 is 0.857 bits per heavy atom. The van der Waals surface area contributed by atoms with Crippen LogP contribution in [0.1, 0.15) is 107 Å². The molecule has 5 heteroatoms. The lowest BCUT2D eigenvalue weighted by atomic mass is 9.53. The van der Waals surface area contributed by atoms with Crippen LogP contribution >= 0.6 is 0 Å². The molecular weight excluding hydrogens is 440 g/mol. The molecule has 35 heavy (non-hydrogen) atoms. The number of carbonyl (C=O) groups is 3. The molecule has 0 radical (unpaired) electrons. The van der Waals surface area contributed by atoms with Crippen molar-refractivity contribution in [3.63, 3.8) is 0 Å². The highest BCUT2D eigenvalue weighted by atomic mass is 16.5. The van der Waals surface area contributed by atoms with Crippen molar-refractivity contribution in [2.45, 2.75) is 118 Å². The Bertz CT molecular complexity index is 1100. The summed E-state index contributed by atoms with van der Waals surface area (Å²) >= 11 is 0. The first-order valence-electron chi connectivity index (χ1n) is 13.2. The molecule has 192 valence electrons. The molecule has 5 nitrogen and oxygen atoms in total. The van der Waals surface area contributed by atoms with Gasteiger partial charge in [0.25, 0.3) is 0 Å². The number of ketones is 3. The van der Waals surface area contributed by atoms with Gasteiger partial charge in [0.05, 0.1) is 6.10 Å². The van der Waals surface area contributed by atoms with Crippen molar-refractivity contribution in [2.24, 2.45) is 16.2 Å². The Balaban J connectivity index is 1.70. The number of fused-ring (bicyclic) bond motifs is 2. The maximum Gasteiger partial charge on any atom is 0.223 e. The summed E-state index contributed by atoms with van der Waals surface area (Å²) in [4.78, 5) is 38.7. The molecule has 0 spiro atoms. The van der Waals surface area contributed by atoms with Crippen LogP contribution in [0.25, 0.3) is 0 Å². The zero-order chi connectivity index (χ0) is 26.1. The normalized spacial score (nSPS) is 35.2. The summed E-state index contributed by atoms with van der Waals surface area (Å²) in [5.74, 6) is -0.343. The molecular formula is C30H42O5. The van der Waals surface area contributed by atoms with Crippen LogP contribution in [0.15, 0.2) is 33.6 Å². The number of hydrogen-bond donors (Lipinski definition) is 1. The lowest BCUT2D eigenvalue weighted by Crippen LogP contribution is -2.46. The molecule has 1 saturated heterocycles. The van der Waals surface area contributed by atoms with Gasteiger partial charge in [-0.25, -0.2) is 0 Å². The first-order chi connectivity index (χ1) is 16.1. The average Bonchev–Trinajstić information content (AvgIpc) is 2.85. The fraction of sp³-hybridized carbons (Fsp3) is 0.700. The SMILES string of the molecule is CC1=C(CCC2=C(C)C(=O)C(O)=C3C(C)(C)C(=O)CC[C@@]23C)[C@@]2(C)CCC(=O)C(C)(C)O[C@@H]2CC1. The summed E-state index contributed by atoms with van der Waals surface area (Å²) < 4.78 is 6.46. The fourth-order valence-electron chi connectivity index (χ4n) is 7.64. The molecule has 0 bridgehead atoms. The predicted molar refractivity (Wildman–Crippen MR) is 136 cm³/mol. The number of aliphatic hydroxyl groups is 1. The highest BCUT2D eigenvalue weighted by molar-refractivity contribution is 6.10. The van der Waals surface area contributed by atoms with Crippen LogP contribution in [-0.2, 0) is 19.1 Å². The largest absolute Gasteiger partial charge is 0.504 e. The van der Waals surface area contributed by atoms with Crippen LogP contribution in [0.3, 0.4) is 0 Å². The van der Waals surface area contributed by atoms with Gasteiger partial charge < -0.3 is 9.84 Å². The Morgan fingerprint density at radius 2 is 1.46 bits per heavy atom. The standard InChI is InChI=1S/C30H42O5/c1-17-9-12-23-29(7,15-14-22(32)28(5,6)35-23)19(17)10-11-20-18(2)24(33)25(34)26-27(3,4)21(31)13-16-30(20,26)8/h23,34H,9-16H2,1-8H3/t23-,29-,30+/m1/s1. The second-order valence-electron chi connectivity index (χ2n) is 12.8. The second-order valence-corrected chi connectivity index (χ2v) is 12.8. The van der Waals surface area contributed by atoms with Gasteiger partial charge >= 0.3 is 0 Å². The van der Waals surface area contributed by atoms with Crippen molar-refractivity contribution in [3.05, 3.63) is 33.6 Å². The van der Waals surface area contributed by atoms with Crippen LogP contribution in [-0.4, -0.2) is 34.2 Å². The van der Waals surface area contributed by atoms with E-state index in [4.69, 9.17) is 4.74 Å². The third-order valence-electron chi connectivity index (χ3n) is 9.94. The van der Waals surface area contributed by atoms with Crippen LogP contribution in [0.2, 0.25) is 0 Å². The number of hydrogen-bond acceptors (Lipinski definition) is 5. The van der Waals surface area contributed by atoms with Crippen molar-refractivity contribution in [1.29, 1.82) is 0 Å². The number of aliphatic hydroxyl groups excluding tert-OH is 1. The maximum atomic E-state index is 13.1. The van der Waals surface area contributed by atoms with Crippen molar-refractivity contribution in [1.82, 2.24) is 0 Å². The molecule has 0 aromatic carbocycles. The van der Waals surface area contributed by atoms with E-state index >= 15 is 0 Å². The molecule has 4 rings (SSSR count). The summed E-state index contributed by atoms with van der Waals surface area (Å²) in [6.07, 6.45) is 5.66. The van der Waals surface area contributed by atoms with E-state index in [0.717, 1.165) is 31.3 Å². The average molecular weight is 483 g/mol. The van der Waals surface area contributed by atoms with Gasteiger partial charge in [-0.1, -0.05) is 30.6 Å². The number of rotatable bonds is 3. The van der Waals surface area contributed by atoms with Gasteiger partial charge in [-0.3, -0.25) is 14.4 Å². The summed E-state index contributed by atoms with van der Waals surface area (Å²) in [7, 11) is 0. The van der Waals surface area contributed by atoms with E-state index < -0.39 is 16.4 Å². The predicted octanol–water partition coefficient (Wildman–Crippen LogP) is 6.52. The molecule has 0 amide bonds. The third kappa shape index (κ3) is 3.80. The summed E-state index contributed by atoms with van der Waals surface area (Å²) in [6, 6.07) is 0. The van der Waals surface area contributed by atoms with Crippen LogP contribution in [0.4, 0.5) is 0 Å². The monoisotopic (exact) mass is 482 g/mol. The molecule has 4 aliphatic rings. The van der Waals surface area contributed by atoms with E-state index in [1.807, 2.05) is 34.6 Å². The number of carbonyl (C=O) groups excluding carboxylic acids is 3. The lowest BCUT2D eigenvalue weighted by molar-refractivity contribution is -0.150. The number of ether oxygens (including phenoxy) is 1. The van der Waals surface area contributed by atoms with Gasteiger partial charge in [0.15, 0.2) is 11.5 Å². The van der Waals surface area contributed by atoms with Crippen LogP contribution in [0.5, 0.6) is 0 Å². The number of allylic oxidation sites excluding steroid dienone is 4. The zero-order valence-corrected chi connectivity index (χ0v) is 22.8. The van der Waals surface area contributed by atoms with Gasteiger partial charge in [-0.15, -0.1) is 0 Å². The first-order valence-corrected chi connectivity index (χ1v) is 13.2. The minimum absolute atomic E-state index is 0.00737. The minimum atomic E-state index is -0.864. The van der Waals surface area contributed by atoms with Crippen molar-refractivity contribution < 1.29 is 24.2 Å². The Kier molecular flexibility index (Phi) is 6.15. The first kappa shape index (κ1) is 26.1. The van der Waals surface area contributed by atoms with Crippen LogP contribution in [0, 0.1) is 16.2 Å². The molecule has 3 aliphatic carbocycles. The molecule has 1 saturated carbocycles. The van der Waals surface area contributed by atoms with Crippen molar-refractivity contribution in [3.8, 4) is 0 Å². The Hall–Kier alpha value is -2.01. The fourth-order valence-corrected chi connectivity index (χ4v) is 7.64. The van der Waals surface area contributed by atoms with Gasteiger partial charge in [0, 0.05) is 34.7 Å². The van der Waals surface area contributed by atoms with Crippen molar-refractivity contribution >= 4 is 17.3 Å². The lowest BCUT2D eigenvalue weighted by Gasteiger charge is -2.49. The van der Waals surface area contributed by atoms with Crippen molar-refractivity contribution in [2.75, 3.05) is 0 Å². The third-order valence-corrected chi connectivity index (χ3v) is 9.94. The van der Waals surface area contributed by atoms with Crippen LogP contribution < -0.4 is 0 Å². The molecule has 1 N–H and O–H groups in total. The number of Topliss-reactive ketones (excluding diaryl/α,β-unsaturated/α-hetero) is 3. The van der Waals surface area contributed by atoms with Gasteiger partial charge in [-0.2, -0.15) is 0 Å². The molecule has 0 aromatic rings. The topological polar surface area (TPSA) is 80.7 Å². The maximum absolute atomic E-state index is 13.1. The summed E-state index contributed by atoms with van der Waals surface area (Å²) in [5, 5.41) is 10.9. The summed E-state index contributed by atoms with van der Waals surface area (Å²) in [5.41, 5.74) is 2.61. The van der Waals surface area contributed by atoms with Gasteiger partial charge in [-0.05, 0) is 85.6 Å². The molecule has 0 unspecified atom stereocenters. The molecule has 1 heterocycles. The van der Waals surface area contributed by atoms with E-state index in [1.54, 1.807) is 0 Å². The Morgan fingerprint density at radius 3 is 2.11 bits per heavy atom. The van der Waals surface area contributed by atoms with Gasteiger partial charge in [0.1, 0.15) is 11.4 Å². The quantitative estimate of drug-likeness (QED) is 0.463. The highest BCUT2D eigenvalue weighted by Crippen LogP contribution is 2.58. The highest BCUT2D eigenvalue weighted by Gasteiger charge is 2.54. The van der Waals surface area contributed by atoms with E-state index in [0.29, 0.717) is 36.8 Å². The second kappa shape index (κ2) is 8.26. The van der Waals surface area contributed by atoms with E-state index in [2.05, 4.69) is 20.8 Å². The smallest absolute Gasteiger partial charge is 0.223 e. The van der Waals surface area contributed by atoms with Gasteiger partial charge in [0.2, 0.25) is 5.78 Å². The molecule has 1 aliphatic heterocycles.